The van der Waals surface area contributed by atoms with E-state index in [9.17, 15) is 0 Å². The fourth-order valence-electron chi connectivity index (χ4n) is 2.15. The van der Waals surface area contributed by atoms with Crippen molar-refractivity contribution in [2.45, 2.75) is 31.8 Å². The molecule has 0 saturated heterocycles. The molecule has 0 unspecified atom stereocenters. The van der Waals surface area contributed by atoms with Crippen LogP contribution in [-0.2, 0) is 13.0 Å². The van der Waals surface area contributed by atoms with Gasteiger partial charge in [-0.3, -0.25) is 0 Å². The zero-order chi connectivity index (χ0) is 14.7. The number of ether oxygens (including phenoxy) is 1. The van der Waals surface area contributed by atoms with E-state index in [0.717, 1.165) is 24.3 Å². The number of rotatable bonds is 7. The van der Waals surface area contributed by atoms with Crippen molar-refractivity contribution in [3.8, 4) is 5.75 Å². The van der Waals surface area contributed by atoms with Gasteiger partial charge < -0.3 is 10.1 Å². The Labute approximate surface area is 139 Å². The van der Waals surface area contributed by atoms with Gasteiger partial charge >= 0.3 is 0 Å². The second-order valence-electron chi connectivity index (χ2n) is 5.26. The van der Waals surface area contributed by atoms with E-state index in [-0.39, 0.29) is 0 Å². The molecule has 1 saturated carbocycles. The molecule has 1 fully saturated rings. The van der Waals surface area contributed by atoms with Crippen LogP contribution in [0.15, 0.2) is 29.0 Å². The van der Waals surface area contributed by atoms with E-state index in [4.69, 9.17) is 27.9 Å². The van der Waals surface area contributed by atoms with Crippen LogP contribution in [0.5, 0.6) is 5.75 Å². The minimum atomic E-state index is 0.584. The molecule has 0 amide bonds. The van der Waals surface area contributed by atoms with E-state index in [1.54, 1.807) is 17.4 Å². The summed E-state index contributed by atoms with van der Waals surface area (Å²) in [7, 11) is 0. The van der Waals surface area contributed by atoms with Gasteiger partial charge in [-0.2, -0.15) is 11.3 Å². The van der Waals surface area contributed by atoms with Gasteiger partial charge in [-0.15, -0.1) is 0 Å². The summed E-state index contributed by atoms with van der Waals surface area (Å²) in [5, 5.41) is 8.93. The van der Waals surface area contributed by atoms with Gasteiger partial charge in [0.05, 0.1) is 11.6 Å². The summed E-state index contributed by atoms with van der Waals surface area (Å²) in [5.41, 5.74) is 2.33. The molecule has 0 radical (unpaired) electrons. The fraction of sp³-hybridized carbons (Fsp3) is 0.375. The minimum Gasteiger partial charge on any atom is -0.491 e. The molecule has 0 aliphatic heterocycles. The zero-order valence-electron chi connectivity index (χ0n) is 11.6. The predicted octanol–water partition coefficient (Wildman–Crippen LogP) is 4.93. The molecule has 1 aromatic carbocycles. The molecule has 1 N–H and O–H groups in total. The van der Waals surface area contributed by atoms with Gasteiger partial charge in [0.15, 0.2) is 0 Å². The van der Waals surface area contributed by atoms with Gasteiger partial charge in [0, 0.05) is 29.6 Å². The number of benzene rings is 1. The molecule has 0 atom stereocenters. The number of thiophene rings is 1. The second-order valence-corrected chi connectivity index (χ2v) is 6.88. The van der Waals surface area contributed by atoms with Crippen molar-refractivity contribution in [2.24, 2.45) is 0 Å². The fourth-order valence-corrected chi connectivity index (χ4v) is 3.45. The van der Waals surface area contributed by atoms with Crippen LogP contribution in [0.2, 0.25) is 10.0 Å². The molecule has 1 aliphatic carbocycles. The number of hydrogen-bond acceptors (Lipinski definition) is 3. The van der Waals surface area contributed by atoms with Gasteiger partial charge in [0.2, 0.25) is 0 Å². The van der Waals surface area contributed by atoms with Crippen molar-refractivity contribution in [3.63, 3.8) is 0 Å². The summed E-state index contributed by atoms with van der Waals surface area (Å²) in [6.45, 7) is 1.37. The summed E-state index contributed by atoms with van der Waals surface area (Å²) in [6.07, 6.45) is 3.39. The molecule has 0 spiro atoms. The van der Waals surface area contributed by atoms with E-state index in [0.29, 0.717) is 22.7 Å². The molecule has 21 heavy (non-hydrogen) atoms. The first-order chi connectivity index (χ1) is 10.2. The van der Waals surface area contributed by atoms with Crippen LogP contribution in [0.25, 0.3) is 0 Å². The largest absolute Gasteiger partial charge is 0.491 e. The molecule has 0 bridgehead atoms. The van der Waals surface area contributed by atoms with Crippen LogP contribution >= 0.6 is 34.5 Å². The quantitative estimate of drug-likeness (QED) is 0.770. The normalized spacial score (nSPS) is 14.4. The Morgan fingerprint density at radius 1 is 1.29 bits per heavy atom. The van der Waals surface area contributed by atoms with E-state index >= 15 is 0 Å². The third-order valence-corrected chi connectivity index (χ3v) is 4.69. The first-order valence-corrected chi connectivity index (χ1v) is 8.77. The lowest BCUT2D eigenvalue weighted by Crippen LogP contribution is -2.16. The first-order valence-electron chi connectivity index (χ1n) is 7.07. The first kappa shape index (κ1) is 15.2. The lowest BCUT2D eigenvalue weighted by Gasteiger charge is -2.14. The second kappa shape index (κ2) is 7.01. The number of halogens is 2. The Hall–Kier alpha value is -0.740. The van der Waals surface area contributed by atoms with Gasteiger partial charge in [0.25, 0.3) is 0 Å². The van der Waals surface area contributed by atoms with Crippen LogP contribution in [0.1, 0.15) is 24.0 Å². The third kappa shape index (κ3) is 4.36. The van der Waals surface area contributed by atoms with Crippen LogP contribution in [0.4, 0.5) is 0 Å². The summed E-state index contributed by atoms with van der Waals surface area (Å²) in [5.74, 6) is 0.754. The van der Waals surface area contributed by atoms with Gasteiger partial charge in [-0.1, -0.05) is 23.2 Å². The van der Waals surface area contributed by atoms with Gasteiger partial charge in [0.1, 0.15) is 5.75 Å². The van der Waals surface area contributed by atoms with Crippen LogP contribution in [0, 0.1) is 0 Å². The van der Waals surface area contributed by atoms with Crippen molar-refractivity contribution in [2.75, 3.05) is 6.61 Å². The molecule has 2 nitrogen and oxygen atoms in total. The average molecular weight is 342 g/mol. The number of nitrogens with one attached hydrogen (secondary N) is 1. The van der Waals surface area contributed by atoms with E-state index < -0.39 is 0 Å². The number of hydrogen-bond donors (Lipinski definition) is 1. The lowest BCUT2D eigenvalue weighted by molar-refractivity contribution is 0.318. The van der Waals surface area contributed by atoms with Crippen LogP contribution in [-0.4, -0.2) is 12.6 Å². The summed E-state index contributed by atoms with van der Waals surface area (Å²) in [4.78, 5) is 0. The Morgan fingerprint density at radius 3 is 2.86 bits per heavy atom. The van der Waals surface area contributed by atoms with Crippen molar-refractivity contribution in [3.05, 3.63) is 50.1 Å². The topological polar surface area (TPSA) is 21.3 Å². The van der Waals surface area contributed by atoms with E-state index in [1.165, 1.54) is 18.4 Å². The van der Waals surface area contributed by atoms with Crippen molar-refractivity contribution in [1.82, 2.24) is 5.32 Å². The highest BCUT2D eigenvalue weighted by atomic mass is 35.5. The van der Waals surface area contributed by atoms with Crippen LogP contribution in [0.3, 0.4) is 0 Å². The van der Waals surface area contributed by atoms with Crippen LogP contribution < -0.4 is 10.1 Å². The molecule has 1 aliphatic rings. The van der Waals surface area contributed by atoms with Crippen molar-refractivity contribution >= 4 is 34.5 Å². The van der Waals surface area contributed by atoms with Gasteiger partial charge in [-0.05, 0) is 47.4 Å². The maximum atomic E-state index is 6.29. The smallest absolute Gasteiger partial charge is 0.142 e. The molecule has 2 aromatic rings. The highest BCUT2D eigenvalue weighted by molar-refractivity contribution is 7.07. The molecular weight excluding hydrogens is 325 g/mol. The molecule has 3 rings (SSSR count). The SMILES string of the molecule is Clc1cc(Cl)c(OCCc2ccsc2)c(CNC2CC2)c1. The molecular formula is C16H17Cl2NOS. The van der Waals surface area contributed by atoms with Crippen molar-refractivity contribution in [1.29, 1.82) is 0 Å². The molecule has 5 heteroatoms. The minimum absolute atomic E-state index is 0.584. The maximum Gasteiger partial charge on any atom is 0.142 e. The maximum absolute atomic E-state index is 6.29. The molecule has 1 heterocycles. The third-order valence-electron chi connectivity index (χ3n) is 3.46. The molecule has 1 aromatic heterocycles. The standard InChI is InChI=1S/C16H17Cl2NOS/c17-13-7-12(9-19-14-1-2-14)16(15(18)8-13)20-5-3-11-4-6-21-10-11/h4,6-8,10,14,19H,1-3,5,9H2. The predicted molar refractivity (Wildman–Crippen MR) is 89.8 cm³/mol. The van der Waals surface area contributed by atoms with Crippen molar-refractivity contribution < 1.29 is 4.74 Å². The Kier molecular flexibility index (Phi) is 5.07. The summed E-state index contributed by atoms with van der Waals surface area (Å²) in [6, 6.07) is 6.43. The van der Waals surface area contributed by atoms with Gasteiger partial charge in [-0.25, -0.2) is 0 Å². The Morgan fingerprint density at radius 2 is 2.14 bits per heavy atom. The Balaban J connectivity index is 1.65. The highest BCUT2D eigenvalue weighted by Crippen LogP contribution is 2.33. The zero-order valence-corrected chi connectivity index (χ0v) is 13.9. The molecule has 112 valence electrons. The van der Waals surface area contributed by atoms with E-state index in [1.807, 2.05) is 6.07 Å². The monoisotopic (exact) mass is 341 g/mol. The summed E-state index contributed by atoms with van der Waals surface area (Å²) >= 11 is 14.1. The lowest BCUT2D eigenvalue weighted by atomic mass is 10.2. The van der Waals surface area contributed by atoms with E-state index in [2.05, 4.69) is 22.1 Å². The summed E-state index contributed by atoms with van der Waals surface area (Å²) < 4.78 is 5.92. The average Bonchev–Trinajstić information content (AvgIpc) is 3.14. The Bertz CT molecular complexity index is 597. The highest BCUT2D eigenvalue weighted by Gasteiger charge is 2.21.